The van der Waals surface area contributed by atoms with E-state index in [-0.39, 0.29) is 5.54 Å². The van der Waals surface area contributed by atoms with Crippen LogP contribution in [-0.4, -0.2) is 22.8 Å². The third kappa shape index (κ3) is 2.46. The van der Waals surface area contributed by atoms with Crippen LogP contribution in [-0.2, 0) is 0 Å². The van der Waals surface area contributed by atoms with Gasteiger partial charge < -0.3 is 10.4 Å². The molecule has 1 fully saturated rings. The van der Waals surface area contributed by atoms with E-state index in [1.807, 2.05) is 13.8 Å². The van der Waals surface area contributed by atoms with E-state index in [1.165, 1.54) is 12.8 Å². The Labute approximate surface area is 75.4 Å². The molecule has 2 nitrogen and oxygen atoms in total. The molecule has 0 saturated heterocycles. The first-order valence-electron chi connectivity index (χ1n) is 4.80. The molecule has 0 bridgehead atoms. The monoisotopic (exact) mass is 171 g/mol. The van der Waals surface area contributed by atoms with Gasteiger partial charge in [-0.3, -0.25) is 0 Å². The summed E-state index contributed by atoms with van der Waals surface area (Å²) >= 11 is 0. The first-order chi connectivity index (χ1) is 5.33. The van der Waals surface area contributed by atoms with Gasteiger partial charge in [0.2, 0.25) is 0 Å². The number of rotatable bonds is 4. The van der Waals surface area contributed by atoms with E-state index in [9.17, 15) is 5.11 Å². The maximum Gasteiger partial charge on any atom is 0.0767 e. The SMILES string of the molecule is CC(C)(O)C(C)(C)NCC1CC1. The van der Waals surface area contributed by atoms with E-state index in [0.29, 0.717) is 0 Å². The third-order valence-corrected chi connectivity index (χ3v) is 3.06. The molecule has 0 aromatic rings. The van der Waals surface area contributed by atoms with Crippen LogP contribution < -0.4 is 5.32 Å². The maximum absolute atomic E-state index is 9.82. The standard InChI is InChI=1S/C10H21NO/c1-9(2,10(3,4)12)11-7-8-5-6-8/h8,11-12H,5-7H2,1-4H3. The van der Waals surface area contributed by atoms with Crippen molar-refractivity contribution in [1.29, 1.82) is 0 Å². The highest BCUT2D eigenvalue weighted by molar-refractivity contribution is 4.94. The molecule has 0 amide bonds. The minimum atomic E-state index is -0.651. The summed E-state index contributed by atoms with van der Waals surface area (Å²) in [6.07, 6.45) is 2.71. The largest absolute Gasteiger partial charge is 0.389 e. The van der Waals surface area contributed by atoms with Crippen LogP contribution in [0.5, 0.6) is 0 Å². The lowest BCUT2D eigenvalue weighted by Gasteiger charge is -2.38. The second-order valence-electron chi connectivity index (χ2n) is 5.01. The number of hydrogen-bond donors (Lipinski definition) is 2. The topological polar surface area (TPSA) is 32.3 Å². The van der Waals surface area contributed by atoms with Gasteiger partial charge in [-0.25, -0.2) is 0 Å². The van der Waals surface area contributed by atoms with Gasteiger partial charge in [-0.15, -0.1) is 0 Å². The molecule has 72 valence electrons. The smallest absolute Gasteiger partial charge is 0.0767 e. The summed E-state index contributed by atoms with van der Waals surface area (Å²) in [5.41, 5.74) is -0.836. The second kappa shape index (κ2) is 3.00. The van der Waals surface area contributed by atoms with Crippen molar-refractivity contribution >= 4 is 0 Å². The first kappa shape index (κ1) is 10.0. The molecule has 0 aliphatic heterocycles. The van der Waals surface area contributed by atoms with Crippen molar-refractivity contribution in [2.24, 2.45) is 5.92 Å². The Kier molecular flexibility index (Phi) is 2.50. The molecular weight excluding hydrogens is 150 g/mol. The van der Waals surface area contributed by atoms with Gasteiger partial charge in [-0.2, -0.15) is 0 Å². The Bertz CT molecular complexity index is 154. The number of nitrogens with one attached hydrogen (secondary N) is 1. The number of aliphatic hydroxyl groups is 1. The third-order valence-electron chi connectivity index (χ3n) is 3.06. The molecule has 2 N–H and O–H groups in total. The highest BCUT2D eigenvalue weighted by Crippen LogP contribution is 2.29. The van der Waals surface area contributed by atoms with E-state index in [0.717, 1.165) is 12.5 Å². The Hall–Kier alpha value is -0.0800. The summed E-state index contributed by atoms with van der Waals surface area (Å²) in [6.45, 7) is 8.86. The van der Waals surface area contributed by atoms with Gasteiger partial charge in [0.05, 0.1) is 5.60 Å². The highest BCUT2D eigenvalue weighted by atomic mass is 16.3. The molecular formula is C10H21NO. The van der Waals surface area contributed by atoms with Crippen LogP contribution in [0, 0.1) is 5.92 Å². The Morgan fingerprint density at radius 1 is 1.25 bits per heavy atom. The molecule has 1 aliphatic carbocycles. The van der Waals surface area contributed by atoms with Crippen LogP contribution in [0.3, 0.4) is 0 Å². The Balaban J connectivity index is 2.35. The fourth-order valence-electron chi connectivity index (χ4n) is 0.938. The lowest BCUT2D eigenvalue weighted by atomic mass is 9.86. The van der Waals surface area contributed by atoms with Crippen molar-refractivity contribution < 1.29 is 5.11 Å². The summed E-state index contributed by atoms with van der Waals surface area (Å²) in [7, 11) is 0. The minimum Gasteiger partial charge on any atom is -0.389 e. The van der Waals surface area contributed by atoms with Gasteiger partial charge >= 0.3 is 0 Å². The molecule has 1 saturated carbocycles. The van der Waals surface area contributed by atoms with E-state index in [2.05, 4.69) is 19.2 Å². The Morgan fingerprint density at radius 2 is 1.75 bits per heavy atom. The quantitative estimate of drug-likeness (QED) is 0.672. The summed E-state index contributed by atoms with van der Waals surface area (Å²) in [6, 6.07) is 0. The lowest BCUT2D eigenvalue weighted by Crippen LogP contribution is -2.56. The van der Waals surface area contributed by atoms with Gasteiger partial charge in [-0.05, 0) is 53.0 Å². The van der Waals surface area contributed by atoms with Crippen molar-refractivity contribution in [2.45, 2.75) is 51.7 Å². The zero-order chi connectivity index (χ0) is 9.41. The van der Waals surface area contributed by atoms with Gasteiger partial charge in [0.15, 0.2) is 0 Å². The molecule has 12 heavy (non-hydrogen) atoms. The van der Waals surface area contributed by atoms with Crippen molar-refractivity contribution in [1.82, 2.24) is 5.32 Å². The minimum absolute atomic E-state index is 0.185. The van der Waals surface area contributed by atoms with Crippen LogP contribution in [0.4, 0.5) is 0 Å². The fraction of sp³-hybridized carbons (Fsp3) is 1.00. The first-order valence-corrected chi connectivity index (χ1v) is 4.80. The highest BCUT2D eigenvalue weighted by Gasteiger charge is 2.35. The van der Waals surface area contributed by atoms with Crippen molar-refractivity contribution in [3.8, 4) is 0 Å². The second-order valence-corrected chi connectivity index (χ2v) is 5.01. The van der Waals surface area contributed by atoms with Gasteiger partial charge in [0, 0.05) is 5.54 Å². The molecule has 0 atom stereocenters. The van der Waals surface area contributed by atoms with E-state index < -0.39 is 5.60 Å². The zero-order valence-corrected chi connectivity index (χ0v) is 8.65. The van der Waals surface area contributed by atoms with Crippen molar-refractivity contribution in [3.05, 3.63) is 0 Å². The van der Waals surface area contributed by atoms with Crippen LogP contribution in [0.2, 0.25) is 0 Å². The van der Waals surface area contributed by atoms with Gasteiger partial charge in [0.1, 0.15) is 0 Å². The molecule has 0 unspecified atom stereocenters. The average Bonchev–Trinajstić information content (AvgIpc) is 2.62. The molecule has 1 rings (SSSR count). The zero-order valence-electron chi connectivity index (χ0n) is 8.65. The summed E-state index contributed by atoms with van der Waals surface area (Å²) in [5.74, 6) is 0.867. The van der Waals surface area contributed by atoms with Crippen LogP contribution >= 0.6 is 0 Å². The van der Waals surface area contributed by atoms with E-state index >= 15 is 0 Å². The molecule has 0 aromatic carbocycles. The van der Waals surface area contributed by atoms with Crippen LogP contribution in [0.25, 0.3) is 0 Å². The van der Waals surface area contributed by atoms with Gasteiger partial charge in [0.25, 0.3) is 0 Å². The predicted octanol–water partition coefficient (Wildman–Crippen LogP) is 1.54. The molecule has 2 heteroatoms. The normalized spacial score (nSPS) is 19.8. The molecule has 0 aromatic heterocycles. The molecule has 0 heterocycles. The van der Waals surface area contributed by atoms with Crippen LogP contribution in [0.1, 0.15) is 40.5 Å². The molecule has 1 aliphatic rings. The molecule has 0 radical (unpaired) electrons. The summed E-state index contributed by atoms with van der Waals surface area (Å²) in [5, 5.41) is 13.2. The van der Waals surface area contributed by atoms with E-state index in [1.54, 1.807) is 0 Å². The predicted molar refractivity (Wildman–Crippen MR) is 51.1 cm³/mol. The fourth-order valence-corrected chi connectivity index (χ4v) is 0.938. The van der Waals surface area contributed by atoms with Crippen LogP contribution in [0.15, 0.2) is 0 Å². The Morgan fingerprint density at radius 3 is 2.08 bits per heavy atom. The summed E-state index contributed by atoms with van der Waals surface area (Å²) in [4.78, 5) is 0. The molecule has 0 spiro atoms. The van der Waals surface area contributed by atoms with Crippen molar-refractivity contribution in [2.75, 3.05) is 6.54 Å². The maximum atomic E-state index is 9.82. The summed E-state index contributed by atoms with van der Waals surface area (Å²) < 4.78 is 0. The average molecular weight is 171 g/mol. The van der Waals surface area contributed by atoms with Gasteiger partial charge in [-0.1, -0.05) is 0 Å². The van der Waals surface area contributed by atoms with Crippen molar-refractivity contribution in [3.63, 3.8) is 0 Å². The lowest BCUT2D eigenvalue weighted by molar-refractivity contribution is -0.00477. The number of hydrogen-bond acceptors (Lipinski definition) is 2. The van der Waals surface area contributed by atoms with E-state index in [4.69, 9.17) is 0 Å².